The standard InChI is InChI=1S/C11H16N4O3S/c1-8(2)18-6-3-4-12-9-10(15(16)17)14-5-7-19-11(14)13-9/h5,7-8,12H,3-4,6H2,1-2H3. The summed E-state index contributed by atoms with van der Waals surface area (Å²) in [5.74, 6) is 0.308. The van der Waals surface area contributed by atoms with Crippen molar-refractivity contribution in [3.05, 3.63) is 21.7 Å². The minimum absolute atomic E-state index is 0.0129. The van der Waals surface area contributed by atoms with E-state index >= 15 is 0 Å². The molecule has 0 aliphatic heterocycles. The highest BCUT2D eigenvalue weighted by molar-refractivity contribution is 7.15. The van der Waals surface area contributed by atoms with E-state index < -0.39 is 4.92 Å². The van der Waals surface area contributed by atoms with Gasteiger partial charge < -0.3 is 20.2 Å². The number of hydrogen-bond donors (Lipinski definition) is 1. The van der Waals surface area contributed by atoms with Crippen LogP contribution in [0.4, 0.5) is 11.6 Å². The number of aromatic nitrogens is 2. The van der Waals surface area contributed by atoms with Crippen LogP contribution in [0.15, 0.2) is 11.6 Å². The third-order valence-corrected chi connectivity index (χ3v) is 3.23. The molecule has 0 aliphatic rings. The van der Waals surface area contributed by atoms with E-state index in [4.69, 9.17) is 4.74 Å². The third-order valence-electron chi connectivity index (χ3n) is 2.47. The molecule has 2 heterocycles. The van der Waals surface area contributed by atoms with Gasteiger partial charge in [0.2, 0.25) is 5.82 Å². The number of anilines is 1. The lowest BCUT2D eigenvalue weighted by molar-refractivity contribution is -0.389. The molecule has 0 saturated heterocycles. The number of rotatable bonds is 7. The van der Waals surface area contributed by atoms with Crippen LogP contribution in [0.25, 0.3) is 4.96 Å². The van der Waals surface area contributed by atoms with Gasteiger partial charge in [-0.1, -0.05) is 11.3 Å². The number of fused-ring (bicyclic) bond motifs is 1. The van der Waals surface area contributed by atoms with E-state index in [1.54, 1.807) is 11.6 Å². The lowest BCUT2D eigenvalue weighted by Crippen LogP contribution is -2.10. The summed E-state index contributed by atoms with van der Waals surface area (Å²) < 4.78 is 6.89. The molecule has 19 heavy (non-hydrogen) atoms. The Morgan fingerprint density at radius 1 is 1.63 bits per heavy atom. The second kappa shape index (κ2) is 5.98. The summed E-state index contributed by atoms with van der Waals surface area (Å²) in [7, 11) is 0. The van der Waals surface area contributed by atoms with Crippen molar-refractivity contribution in [2.45, 2.75) is 26.4 Å². The van der Waals surface area contributed by atoms with Crippen LogP contribution in [0.3, 0.4) is 0 Å². The van der Waals surface area contributed by atoms with Gasteiger partial charge in [0.15, 0.2) is 0 Å². The molecular formula is C11H16N4O3S. The zero-order valence-electron chi connectivity index (χ0n) is 10.8. The SMILES string of the molecule is CC(C)OCCCNc1nc2sccn2c1[N+](=O)[O-]. The Morgan fingerprint density at radius 2 is 2.42 bits per heavy atom. The van der Waals surface area contributed by atoms with E-state index in [0.29, 0.717) is 23.9 Å². The van der Waals surface area contributed by atoms with Gasteiger partial charge in [0.05, 0.1) is 6.10 Å². The van der Waals surface area contributed by atoms with Crippen molar-refractivity contribution in [1.82, 2.24) is 9.38 Å². The summed E-state index contributed by atoms with van der Waals surface area (Å²) in [5.41, 5.74) is 0. The third kappa shape index (κ3) is 3.21. The highest BCUT2D eigenvalue weighted by Crippen LogP contribution is 2.27. The topological polar surface area (TPSA) is 81.7 Å². The van der Waals surface area contributed by atoms with Crippen molar-refractivity contribution < 1.29 is 9.66 Å². The Kier molecular flexibility index (Phi) is 4.33. The minimum Gasteiger partial charge on any atom is -0.379 e. The number of thiazole rings is 1. The van der Waals surface area contributed by atoms with Crippen molar-refractivity contribution in [2.75, 3.05) is 18.5 Å². The molecule has 104 valence electrons. The van der Waals surface area contributed by atoms with Crippen molar-refractivity contribution in [3.8, 4) is 0 Å². The number of nitrogens with zero attached hydrogens (tertiary/aromatic N) is 3. The summed E-state index contributed by atoms with van der Waals surface area (Å²) in [4.78, 5) is 15.5. The number of ether oxygens (including phenoxy) is 1. The summed E-state index contributed by atoms with van der Waals surface area (Å²) >= 11 is 1.37. The smallest absolute Gasteiger partial charge is 0.372 e. The van der Waals surface area contributed by atoms with E-state index in [1.807, 2.05) is 13.8 Å². The number of nitrogens with one attached hydrogen (secondary N) is 1. The molecule has 0 spiro atoms. The van der Waals surface area contributed by atoms with Crippen LogP contribution in [-0.4, -0.2) is 33.6 Å². The summed E-state index contributed by atoms with van der Waals surface area (Å²) in [6.45, 7) is 5.17. The van der Waals surface area contributed by atoms with Crippen molar-refractivity contribution in [2.24, 2.45) is 0 Å². The van der Waals surface area contributed by atoms with Crippen LogP contribution in [0, 0.1) is 10.1 Å². The molecule has 0 amide bonds. The Morgan fingerprint density at radius 3 is 3.11 bits per heavy atom. The molecule has 2 rings (SSSR count). The van der Waals surface area contributed by atoms with Crippen LogP contribution < -0.4 is 5.32 Å². The molecule has 0 fully saturated rings. The van der Waals surface area contributed by atoms with Crippen LogP contribution in [-0.2, 0) is 4.74 Å². The molecular weight excluding hydrogens is 268 g/mol. The second-order valence-corrected chi connectivity index (χ2v) is 5.17. The van der Waals surface area contributed by atoms with Gasteiger partial charge in [-0.25, -0.2) is 0 Å². The molecule has 7 nitrogen and oxygen atoms in total. The molecule has 0 saturated carbocycles. The van der Waals surface area contributed by atoms with Gasteiger partial charge >= 0.3 is 5.82 Å². The molecule has 0 atom stereocenters. The number of imidazole rings is 1. The monoisotopic (exact) mass is 284 g/mol. The predicted octanol–water partition coefficient (Wildman–Crippen LogP) is 2.53. The maximum absolute atomic E-state index is 11.1. The van der Waals surface area contributed by atoms with Gasteiger partial charge in [-0.15, -0.1) is 0 Å². The van der Waals surface area contributed by atoms with Crippen molar-refractivity contribution in [3.63, 3.8) is 0 Å². The number of hydrogen-bond acceptors (Lipinski definition) is 6. The summed E-state index contributed by atoms with van der Waals surface area (Å²) in [5, 5.41) is 15.8. The van der Waals surface area contributed by atoms with Crippen LogP contribution in [0.5, 0.6) is 0 Å². The Labute approximate surface area is 114 Å². The Balaban J connectivity index is 1.98. The average Bonchev–Trinajstić information content (AvgIpc) is 2.86. The first-order valence-electron chi connectivity index (χ1n) is 6.05. The van der Waals surface area contributed by atoms with Gasteiger partial charge in [0, 0.05) is 18.5 Å². The molecule has 0 aromatic carbocycles. The molecule has 0 unspecified atom stereocenters. The fraction of sp³-hybridized carbons (Fsp3) is 0.545. The maximum Gasteiger partial charge on any atom is 0.372 e. The molecule has 8 heteroatoms. The highest BCUT2D eigenvalue weighted by Gasteiger charge is 2.22. The van der Waals surface area contributed by atoms with E-state index in [2.05, 4.69) is 10.3 Å². The minimum atomic E-state index is -0.417. The van der Waals surface area contributed by atoms with Crippen LogP contribution in [0.1, 0.15) is 20.3 Å². The largest absolute Gasteiger partial charge is 0.379 e. The first-order chi connectivity index (χ1) is 9.09. The van der Waals surface area contributed by atoms with Crippen LogP contribution >= 0.6 is 11.3 Å². The average molecular weight is 284 g/mol. The quantitative estimate of drug-likeness (QED) is 0.480. The molecule has 0 bridgehead atoms. The molecule has 0 radical (unpaired) electrons. The lowest BCUT2D eigenvalue weighted by Gasteiger charge is -2.07. The Hall–Kier alpha value is -1.67. The van der Waals surface area contributed by atoms with E-state index in [0.717, 1.165) is 6.42 Å². The normalized spacial score (nSPS) is 11.3. The first-order valence-corrected chi connectivity index (χ1v) is 6.93. The van der Waals surface area contributed by atoms with Gasteiger partial charge in [-0.05, 0) is 25.2 Å². The molecule has 0 aliphatic carbocycles. The van der Waals surface area contributed by atoms with E-state index in [-0.39, 0.29) is 11.9 Å². The lowest BCUT2D eigenvalue weighted by atomic mass is 10.4. The molecule has 2 aromatic heterocycles. The van der Waals surface area contributed by atoms with Crippen LogP contribution in [0.2, 0.25) is 0 Å². The Bertz CT molecular complexity index is 563. The van der Waals surface area contributed by atoms with Crippen molar-refractivity contribution in [1.29, 1.82) is 0 Å². The van der Waals surface area contributed by atoms with E-state index in [9.17, 15) is 10.1 Å². The zero-order chi connectivity index (χ0) is 13.8. The second-order valence-electron chi connectivity index (χ2n) is 4.30. The fourth-order valence-corrected chi connectivity index (χ4v) is 2.37. The summed E-state index contributed by atoms with van der Waals surface area (Å²) in [6.07, 6.45) is 2.63. The van der Waals surface area contributed by atoms with Gasteiger partial charge in [-0.3, -0.25) is 0 Å². The zero-order valence-corrected chi connectivity index (χ0v) is 11.6. The van der Waals surface area contributed by atoms with Crippen molar-refractivity contribution >= 4 is 27.9 Å². The predicted molar refractivity (Wildman–Crippen MR) is 73.9 cm³/mol. The van der Waals surface area contributed by atoms with Gasteiger partial charge in [0.25, 0.3) is 4.96 Å². The van der Waals surface area contributed by atoms with Gasteiger partial charge in [-0.2, -0.15) is 9.38 Å². The molecule has 1 N–H and O–H groups in total. The fourth-order valence-electron chi connectivity index (χ4n) is 1.66. The number of nitro groups is 1. The summed E-state index contributed by atoms with van der Waals surface area (Å²) in [6, 6.07) is 0. The van der Waals surface area contributed by atoms with E-state index in [1.165, 1.54) is 15.7 Å². The maximum atomic E-state index is 11.1. The highest BCUT2D eigenvalue weighted by atomic mass is 32.1. The first kappa shape index (κ1) is 13.8. The molecule has 2 aromatic rings. The van der Waals surface area contributed by atoms with Gasteiger partial charge in [0.1, 0.15) is 6.20 Å².